The molecule has 0 unspecified atom stereocenters. The third-order valence-electron chi connectivity index (χ3n) is 7.97. The van der Waals surface area contributed by atoms with E-state index in [2.05, 4.69) is 61.5 Å². The highest BCUT2D eigenvalue weighted by atomic mass is 32.1. The number of piperidine rings is 1. The number of aromatic nitrogens is 1. The first-order valence-corrected chi connectivity index (χ1v) is 14.0. The number of hydrogen-bond donors (Lipinski definition) is 2. The van der Waals surface area contributed by atoms with E-state index < -0.39 is 0 Å². The molecule has 2 heterocycles. The van der Waals surface area contributed by atoms with Crippen molar-refractivity contribution in [3.8, 4) is 11.3 Å². The SMILES string of the molecule is CC1(C)CCC(C)(C)c2cc(-c3csc(N4CCC(NCCCCCCN)CC4)n3)ccc21. The number of nitrogens with zero attached hydrogens (tertiary/aromatic N) is 2. The molecule has 3 N–H and O–H groups in total. The summed E-state index contributed by atoms with van der Waals surface area (Å²) in [6.07, 6.45) is 9.91. The van der Waals surface area contributed by atoms with Gasteiger partial charge >= 0.3 is 0 Å². The van der Waals surface area contributed by atoms with Crippen LogP contribution in [0.15, 0.2) is 23.6 Å². The molecule has 1 aliphatic carbocycles. The number of anilines is 1. The monoisotopic (exact) mass is 468 g/mol. The first-order chi connectivity index (χ1) is 15.8. The Balaban J connectivity index is 1.35. The van der Waals surface area contributed by atoms with Gasteiger partial charge in [-0.3, -0.25) is 0 Å². The Hall–Kier alpha value is -1.43. The number of hydrogen-bond acceptors (Lipinski definition) is 5. The lowest BCUT2D eigenvalue weighted by Crippen LogP contribution is -2.42. The molecule has 1 fully saturated rings. The third kappa shape index (κ3) is 5.80. The van der Waals surface area contributed by atoms with Crippen LogP contribution in [0.3, 0.4) is 0 Å². The molecule has 2 aromatic rings. The summed E-state index contributed by atoms with van der Waals surface area (Å²) in [7, 11) is 0. The van der Waals surface area contributed by atoms with Gasteiger partial charge < -0.3 is 16.0 Å². The Bertz CT molecular complexity index is 908. The van der Waals surface area contributed by atoms with Crippen molar-refractivity contribution in [3.05, 3.63) is 34.7 Å². The van der Waals surface area contributed by atoms with Crippen LogP contribution in [0.5, 0.6) is 0 Å². The molecule has 0 spiro atoms. The van der Waals surface area contributed by atoms with Crippen LogP contribution in [0.1, 0.15) is 90.2 Å². The van der Waals surface area contributed by atoms with Crippen LogP contribution in [0, 0.1) is 0 Å². The average Bonchev–Trinajstić information content (AvgIpc) is 3.30. The maximum Gasteiger partial charge on any atom is 0.185 e. The third-order valence-corrected chi connectivity index (χ3v) is 8.87. The summed E-state index contributed by atoms with van der Waals surface area (Å²) in [5.41, 5.74) is 11.5. The highest BCUT2D eigenvalue weighted by molar-refractivity contribution is 7.14. The molecule has 2 aliphatic rings. The van der Waals surface area contributed by atoms with E-state index in [1.165, 1.54) is 66.8 Å². The van der Waals surface area contributed by atoms with Crippen LogP contribution in [-0.2, 0) is 10.8 Å². The van der Waals surface area contributed by atoms with Crippen LogP contribution >= 0.6 is 11.3 Å². The van der Waals surface area contributed by atoms with E-state index in [4.69, 9.17) is 10.7 Å². The molecule has 4 nitrogen and oxygen atoms in total. The highest BCUT2D eigenvalue weighted by Gasteiger charge is 2.37. The van der Waals surface area contributed by atoms with Crippen LogP contribution in [-0.4, -0.2) is 37.2 Å². The molecule has 0 saturated carbocycles. The summed E-state index contributed by atoms with van der Waals surface area (Å²) in [5.74, 6) is 0. The quantitative estimate of drug-likeness (QED) is 0.428. The Morgan fingerprint density at radius 1 is 1.00 bits per heavy atom. The first-order valence-electron chi connectivity index (χ1n) is 13.1. The smallest absolute Gasteiger partial charge is 0.185 e. The number of nitrogens with two attached hydrogens (primary N) is 1. The van der Waals surface area contributed by atoms with Gasteiger partial charge in [-0.25, -0.2) is 4.98 Å². The van der Waals surface area contributed by atoms with Crippen molar-refractivity contribution in [2.75, 3.05) is 31.1 Å². The van der Waals surface area contributed by atoms with Crippen molar-refractivity contribution in [2.45, 2.75) is 95.9 Å². The van der Waals surface area contributed by atoms with Crippen molar-refractivity contribution in [1.29, 1.82) is 0 Å². The van der Waals surface area contributed by atoms with Gasteiger partial charge in [-0.15, -0.1) is 11.3 Å². The van der Waals surface area contributed by atoms with Gasteiger partial charge in [-0.05, 0) is 79.6 Å². The van der Waals surface area contributed by atoms with Crippen molar-refractivity contribution < 1.29 is 0 Å². The van der Waals surface area contributed by atoms with Crippen LogP contribution in [0.4, 0.5) is 5.13 Å². The second kappa shape index (κ2) is 10.5. The van der Waals surface area contributed by atoms with Gasteiger partial charge in [-0.2, -0.15) is 0 Å². The van der Waals surface area contributed by atoms with Crippen LogP contribution < -0.4 is 16.0 Å². The molecule has 0 atom stereocenters. The lowest BCUT2D eigenvalue weighted by Gasteiger charge is -2.42. The Labute approximate surface area is 205 Å². The molecule has 0 bridgehead atoms. The molecular formula is C28H44N4S. The van der Waals surface area contributed by atoms with Gasteiger partial charge in [0.25, 0.3) is 0 Å². The van der Waals surface area contributed by atoms with Crippen LogP contribution in [0.2, 0.25) is 0 Å². The predicted molar refractivity (Wildman–Crippen MR) is 144 cm³/mol. The van der Waals surface area contributed by atoms with Gasteiger partial charge in [0.1, 0.15) is 0 Å². The number of rotatable bonds is 9. The minimum absolute atomic E-state index is 0.235. The molecule has 0 radical (unpaired) electrons. The zero-order valence-electron chi connectivity index (χ0n) is 21.3. The maximum atomic E-state index is 5.58. The molecule has 1 aromatic heterocycles. The summed E-state index contributed by atoms with van der Waals surface area (Å²) < 4.78 is 0. The molecule has 4 rings (SSSR count). The van der Waals surface area contributed by atoms with E-state index in [1.54, 1.807) is 11.3 Å². The van der Waals surface area contributed by atoms with Crippen LogP contribution in [0.25, 0.3) is 11.3 Å². The molecule has 1 saturated heterocycles. The van der Waals surface area contributed by atoms with E-state index in [-0.39, 0.29) is 10.8 Å². The summed E-state index contributed by atoms with van der Waals surface area (Å²) >= 11 is 1.80. The minimum Gasteiger partial charge on any atom is -0.348 e. The Morgan fingerprint density at radius 3 is 2.42 bits per heavy atom. The van der Waals surface area contributed by atoms with E-state index >= 15 is 0 Å². The predicted octanol–water partition coefficient (Wildman–Crippen LogP) is 6.24. The number of unbranched alkanes of at least 4 members (excludes halogenated alkanes) is 3. The normalized spacial score (nSPS) is 20.1. The molecule has 182 valence electrons. The van der Waals surface area contributed by atoms with Crippen molar-refractivity contribution in [2.24, 2.45) is 5.73 Å². The number of benzene rings is 1. The van der Waals surface area contributed by atoms with E-state index in [9.17, 15) is 0 Å². The summed E-state index contributed by atoms with van der Waals surface area (Å²) in [6, 6.07) is 7.75. The summed E-state index contributed by atoms with van der Waals surface area (Å²) in [6.45, 7) is 13.7. The van der Waals surface area contributed by atoms with E-state index in [0.717, 1.165) is 38.3 Å². The van der Waals surface area contributed by atoms with Crippen molar-refractivity contribution >= 4 is 16.5 Å². The Morgan fingerprint density at radius 2 is 1.70 bits per heavy atom. The second-order valence-corrected chi connectivity index (χ2v) is 12.3. The van der Waals surface area contributed by atoms with E-state index in [0.29, 0.717) is 6.04 Å². The second-order valence-electron chi connectivity index (χ2n) is 11.5. The number of fused-ring (bicyclic) bond motifs is 1. The molecule has 0 amide bonds. The molecule has 5 heteroatoms. The number of thiazole rings is 1. The summed E-state index contributed by atoms with van der Waals surface area (Å²) in [5, 5.41) is 7.21. The molecule has 1 aliphatic heterocycles. The average molecular weight is 469 g/mol. The van der Waals surface area contributed by atoms with Gasteiger partial charge in [0.2, 0.25) is 0 Å². The van der Waals surface area contributed by atoms with Gasteiger partial charge in [-0.1, -0.05) is 52.7 Å². The van der Waals surface area contributed by atoms with Gasteiger partial charge in [0, 0.05) is 30.1 Å². The highest BCUT2D eigenvalue weighted by Crippen LogP contribution is 2.47. The molecular weight excluding hydrogens is 424 g/mol. The molecule has 1 aromatic carbocycles. The van der Waals surface area contributed by atoms with Gasteiger partial charge in [0.15, 0.2) is 5.13 Å². The number of nitrogens with one attached hydrogen (secondary N) is 1. The fourth-order valence-electron chi connectivity index (χ4n) is 5.49. The lowest BCUT2D eigenvalue weighted by molar-refractivity contribution is 0.332. The molecule has 33 heavy (non-hydrogen) atoms. The first kappa shape index (κ1) is 24.7. The zero-order valence-corrected chi connectivity index (χ0v) is 22.1. The van der Waals surface area contributed by atoms with Crippen molar-refractivity contribution in [3.63, 3.8) is 0 Å². The fourth-order valence-corrected chi connectivity index (χ4v) is 6.38. The fraction of sp³-hybridized carbons (Fsp3) is 0.679. The largest absolute Gasteiger partial charge is 0.348 e. The van der Waals surface area contributed by atoms with E-state index in [1.807, 2.05) is 0 Å². The Kier molecular flexibility index (Phi) is 7.82. The summed E-state index contributed by atoms with van der Waals surface area (Å²) in [4.78, 5) is 7.57. The van der Waals surface area contributed by atoms with Gasteiger partial charge in [0.05, 0.1) is 5.69 Å². The minimum atomic E-state index is 0.235. The zero-order chi connectivity index (χ0) is 23.5. The van der Waals surface area contributed by atoms with Crippen molar-refractivity contribution in [1.82, 2.24) is 10.3 Å². The lowest BCUT2D eigenvalue weighted by atomic mass is 9.63. The maximum absolute atomic E-state index is 5.58. The topological polar surface area (TPSA) is 54.2 Å². The standard InChI is InChI=1S/C28H44N4S/c1-27(2)13-14-28(3,4)24-19-21(9-10-23(24)27)25-20-33-26(31-25)32-17-11-22(12-18-32)30-16-8-6-5-7-15-29/h9-10,19-20,22,30H,5-8,11-18,29H2,1-4H3.